The van der Waals surface area contributed by atoms with Crippen LogP contribution in [0.5, 0.6) is 11.5 Å². The molecule has 3 aromatic rings. The maximum absolute atomic E-state index is 14.1. The number of methoxy groups -OCH3 is 2. The number of ether oxygens (including phenoxy) is 2. The minimum absolute atomic E-state index is 0.0244. The minimum atomic E-state index is -4.30. The van der Waals surface area contributed by atoms with Crippen molar-refractivity contribution in [2.24, 2.45) is 0 Å². The number of carbonyl (C=O) groups is 2. The van der Waals surface area contributed by atoms with E-state index in [1.165, 1.54) is 43.4 Å². The van der Waals surface area contributed by atoms with Gasteiger partial charge in [0.2, 0.25) is 11.8 Å². The number of hydrogen-bond donors (Lipinski definition) is 1. The van der Waals surface area contributed by atoms with Crippen LogP contribution in [0.4, 0.5) is 5.69 Å². The van der Waals surface area contributed by atoms with Gasteiger partial charge in [-0.2, -0.15) is 0 Å². The summed E-state index contributed by atoms with van der Waals surface area (Å²) in [7, 11) is -1.46. The van der Waals surface area contributed by atoms with Crippen molar-refractivity contribution in [2.45, 2.75) is 51.2 Å². The summed E-state index contributed by atoms with van der Waals surface area (Å²) in [6.07, 6.45) is 0. The predicted molar refractivity (Wildman–Crippen MR) is 165 cm³/mol. The van der Waals surface area contributed by atoms with Crippen molar-refractivity contribution in [2.75, 3.05) is 25.1 Å². The van der Waals surface area contributed by atoms with Gasteiger partial charge in [-0.1, -0.05) is 47.0 Å². The summed E-state index contributed by atoms with van der Waals surface area (Å²) in [6.45, 7) is 6.30. The number of halogens is 2. The minimum Gasteiger partial charge on any atom is -0.497 e. The van der Waals surface area contributed by atoms with Gasteiger partial charge in [0.15, 0.2) is 0 Å². The molecule has 1 atom stereocenters. The Morgan fingerprint density at radius 1 is 0.929 bits per heavy atom. The van der Waals surface area contributed by atoms with Crippen LogP contribution in [0.2, 0.25) is 10.0 Å². The van der Waals surface area contributed by atoms with Gasteiger partial charge in [-0.3, -0.25) is 13.9 Å². The number of sulfonamides is 1. The molecule has 0 spiro atoms. The van der Waals surface area contributed by atoms with Gasteiger partial charge in [-0.05, 0) is 69.7 Å². The molecule has 0 fully saturated rings. The topological polar surface area (TPSA) is 105 Å². The molecule has 0 heterocycles. The Labute approximate surface area is 257 Å². The first-order valence-corrected chi connectivity index (χ1v) is 15.3. The van der Waals surface area contributed by atoms with Gasteiger partial charge in [0.05, 0.1) is 24.8 Å². The van der Waals surface area contributed by atoms with Gasteiger partial charge in [-0.25, -0.2) is 8.42 Å². The van der Waals surface area contributed by atoms with Crippen LogP contribution in [-0.2, 0) is 26.2 Å². The molecule has 2 amide bonds. The third kappa shape index (κ3) is 7.87. The zero-order valence-electron chi connectivity index (χ0n) is 24.4. The molecule has 0 bridgehead atoms. The molecular formula is C30H35Cl2N3O6S. The fraction of sp³-hybridized carbons (Fsp3) is 0.333. The monoisotopic (exact) mass is 635 g/mol. The SMILES string of the molecule is COc1ccc(OC)c(N(CC(=O)N(Cc2ccc(Cl)cc2Cl)[C@H](C)C(=O)NC(C)C)S(=O)(=O)c2ccc(C)cc2)c1. The molecule has 0 aliphatic heterocycles. The molecule has 1 N–H and O–H groups in total. The zero-order chi connectivity index (χ0) is 31.2. The van der Waals surface area contributed by atoms with E-state index in [0.717, 1.165) is 9.87 Å². The van der Waals surface area contributed by atoms with Crippen molar-refractivity contribution in [3.05, 3.63) is 81.8 Å². The Morgan fingerprint density at radius 3 is 2.17 bits per heavy atom. The molecule has 0 aromatic heterocycles. The van der Waals surface area contributed by atoms with Gasteiger partial charge in [0.25, 0.3) is 10.0 Å². The van der Waals surface area contributed by atoms with Crippen LogP contribution < -0.4 is 19.1 Å². The fourth-order valence-corrected chi connectivity index (χ4v) is 6.05. The summed E-state index contributed by atoms with van der Waals surface area (Å²) >= 11 is 12.5. The van der Waals surface area contributed by atoms with Crippen molar-refractivity contribution in [3.8, 4) is 11.5 Å². The number of benzene rings is 3. The summed E-state index contributed by atoms with van der Waals surface area (Å²) in [6, 6.07) is 14.6. The van der Waals surface area contributed by atoms with E-state index in [4.69, 9.17) is 32.7 Å². The third-order valence-corrected chi connectivity index (χ3v) is 8.86. The summed E-state index contributed by atoms with van der Waals surface area (Å²) in [5, 5.41) is 3.52. The van der Waals surface area contributed by atoms with E-state index >= 15 is 0 Å². The number of rotatable bonds is 12. The normalized spacial score (nSPS) is 12.0. The third-order valence-electron chi connectivity index (χ3n) is 6.50. The first kappa shape index (κ1) is 33.0. The first-order valence-electron chi connectivity index (χ1n) is 13.1. The van der Waals surface area contributed by atoms with Crippen LogP contribution in [0.3, 0.4) is 0 Å². The second kappa shape index (κ2) is 14.1. The van der Waals surface area contributed by atoms with Gasteiger partial charge < -0.3 is 19.7 Å². The zero-order valence-corrected chi connectivity index (χ0v) is 26.7. The van der Waals surface area contributed by atoms with E-state index in [2.05, 4.69) is 5.32 Å². The predicted octanol–water partition coefficient (Wildman–Crippen LogP) is 5.46. The maximum Gasteiger partial charge on any atom is 0.264 e. The van der Waals surface area contributed by atoms with Crippen molar-refractivity contribution >= 4 is 50.7 Å². The Balaban J connectivity index is 2.14. The van der Waals surface area contributed by atoms with Crippen molar-refractivity contribution in [1.29, 1.82) is 0 Å². The van der Waals surface area contributed by atoms with Gasteiger partial charge in [0.1, 0.15) is 24.1 Å². The smallest absolute Gasteiger partial charge is 0.264 e. The molecule has 42 heavy (non-hydrogen) atoms. The lowest BCUT2D eigenvalue weighted by Crippen LogP contribution is -2.52. The van der Waals surface area contributed by atoms with Crippen molar-refractivity contribution in [3.63, 3.8) is 0 Å². The highest BCUT2D eigenvalue weighted by Gasteiger charge is 2.34. The maximum atomic E-state index is 14.1. The fourth-order valence-electron chi connectivity index (χ4n) is 4.16. The summed E-state index contributed by atoms with van der Waals surface area (Å²) in [5.41, 5.74) is 1.49. The molecule has 12 heteroatoms. The van der Waals surface area contributed by atoms with E-state index in [9.17, 15) is 18.0 Å². The molecule has 226 valence electrons. The number of hydrogen-bond acceptors (Lipinski definition) is 6. The average Bonchev–Trinajstić information content (AvgIpc) is 2.94. The lowest BCUT2D eigenvalue weighted by atomic mass is 10.1. The second-order valence-corrected chi connectivity index (χ2v) is 12.7. The summed E-state index contributed by atoms with van der Waals surface area (Å²) in [5.74, 6) is -0.489. The molecule has 0 saturated carbocycles. The van der Waals surface area contributed by atoms with E-state index in [0.29, 0.717) is 21.4 Å². The highest BCUT2D eigenvalue weighted by Crippen LogP contribution is 2.36. The van der Waals surface area contributed by atoms with E-state index < -0.39 is 34.4 Å². The summed E-state index contributed by atoms with van der Waals surface area (Å²) in [4.78, 5) is 28.5. The number of anilines is 1. The highest BCUT2D eigenvalue weighted by molar-refractivity contribution is 7.92. The van der Waals surface area contributed by atoms with Crippen LogP contribution in [0.15, 0.2) is 65.6 Å². The number of amides is 2. The van der Waals surface area contributed by atoms with Crippen LogP contribution in [0, 0.1) is 6.92 Å². The van der Waals surface area contributed by atoms with E-state index in [-0.39, 0.29) is 28.9 Å². The Kier molecular flexibility index (Phi) is 11.1. The average molecular weight is 637 g/mol. The summed E-state index contributed by atoms with van der Waals surface area (Å²) < 4.78 is 40.0. The number of nitrogens with one attached hydrogen (secondary N) is 1. The molecule has 9 nitrogen and oxygen atoms in total. The molecule has 0 unspecified atom stereocenters. The van der Waals surface area contributed by atoms with Gasteiger partial charge >= 0.3 is 0 Å². The number of aryl methyl sites for hydroxylation is 1. The van der Waals surface area contributed by atoms with Crippen LogP contribution in [0.1, 0.15) is 31.9 Å². The molecule has 0 aliphatic carbocycles. The first-order chi connectivity index (χ1) is 19.8. The Bertz CT molecular complexity index is 1530. The van der Waals surface area contributed by atoms with Crippen LogP contribution in [0.25, 0.3) is 0 Å². The lowest BCUT2D eigenvalue weighted by Gasteiger charge is -2.33. The van der Waals surface area contributed by atoms with Crippen LogP contribution >= 0.6 is 23.2 Å². The van der Waals surface area contributed by atoms with Crippen molar-refractivity contribution in [1.82, 2.24) is 10.2 Å². The Morgan fingerprint density at radius 2 is 1.60 bits per heavy atom. The molecule has 0 saturated heterocycles. The second-order valence-electron chi connectivity index (χ2n) is 9.96. The van der Waals surface area contributed by atoms with Crippen molar-refractivity contribution < 1.29 is 27.5 Å². The molecule has 3 rings (SSSR count). The standard InChI is InChI=1S/C30H35Cl2N3O6S/c1-19(2)33-30(37)21(4)34(17-22-9-10-23(31)15-26(22)32)29(36)18-35(27-16-24(40-5)11-14-28(27)41-6)42(38,39)25-12-7-20(3)8-13-25/h7-16,19,21H,17-18H2,1-6H3,(H,33,37)/t21-/m1/s1. The number of nitrogens with zero attached hydrogens (tertiary/aromatic N) is 2. The lowest BCUT2D eigenvalue weighted by molar-refractivity contribution is -0.139. The van der Waals surface area contributed by atoms with E-state index in [1.54, 1.807) is 57.2 Å². The Hall–Kier alpha value is -3.47. The molecule has 0 aliphatic rings. The van der Waals surface area contributed by atoms with Crippen LogP contribution in [-0.4, -0.2) is 58.0 Å². The van der Waals surface area contributed by atoms with E-state index in [1.807, 2.05) is 6.92 Å². The quantitative estimate of drug-likeness (QED) is 0.283. The highest BCUT2D eigenvalue weighted by atomic mass is 35.5. The largest absolute Gasteiger partial charge is 0.497 e. The van der Waals surface area contributed by atoms with Gasteiger partial charge in [0, 0.05) is 28.7 Å². The molecule has 3 aromatic carbocycles. The van der Waals surface area contributed by atoms with Gasteiger partial charge in [-0.15, -0.1) is 0 Å². The molecule has 0 radical (unpaired) electrons. The number of carbonyl (C=O) groups excluding carboxylic acids is 2. The molecular weight excluding hydrogens is 601 g/mol.